The van der Waals surface area contributed by atoms with Gasteiger partial charge >= 0.3 is 0 Å². The Hall–Kier alpha value is -1.88. The Kier molecular flexibility index (Phi) is 3.85. The van der Waals surface area contributed by atoms with Gasteiger partial charge in [-0.3, -0.25) is 5.41 Å². The van der Waals surface area contributed by atoms with Crippen LogP contribution < -0.4 is 10.5 Å². The van der Waals surface area contributed by atoms with Gasteiger partial charge in [-0.2, -0.15) is 0 Å². The standard InChI is InChI=1S/C14H14BrN3O/c1-8-7-9(2)18-14(12(8)13(16)17)19-11-5-3-10(15)4-6-11/h3-7H,1-2H3,(H3,16,17). The average molecular weight is 320 g/mol. The molecule has 0 fully saturated rings. The highest BCUT2D eigenvalue weighted by Gasteiger charge is 2.13. The Labute approximate surface area is 120 Å². The van der Waals surface area contributed by atoms with Crippen LogP contribution in [0.25, 0.3) is 0 Å². The van der Waals surface area contributed by atoms with Crippen LogP contribution >= 0.6 is 15.9 Å². The molecule has 0 bridgehead atoms. The smallest absolute Gasteiger partial charge is 0.230 e. The number of amidine groups is 1. The van der Waals surface area contributed by atoms with Crippen molar-refractivity contribution in [1.82, 2.24) is 4.98 Å². The van der Waals surface area contributed by atoms with E-state index in [0.29, 0.717) is 17.2 Å². The second kappa shape index (κ2) is 5.40. The van der Waals surface area contributed by atoms with Crippen LogP contribution in [-0.2, 0) is 0 Å². The molecule has 19 heavy (non-hydrogen) atoms. The molecule has 0 spiro atoms. The second-order valence-electron chi connectivity index (χ2n) is 4.23. The number of pyridine rings is 1. The molecule has 4 nitrogen and oxygen atoms in total. The number of hydrogen-bond donors (Lipinski definition) is 2. The molecule has 0 saturated carbocycles. The Morgan fingerprint density at radius 1 is 1.26 bits per heavy atom. The number of benzene rings is 1. The third-order valence-corrected chi connectivity index (χ3v) is 3.14. The number of aryl methyl sites for hydroxylation is 2. The fourth-order valence-corrected chi connectivity index (χ4v) is 2.08. The summed E-state index contributed by atoms with van der Waals surface area (Å²) in [5.74, 6) is 0.979. The molecule has 3 N–H and O–H groups in total. The molecule has 5 heteroatoms. The van der Waals surface area contributed by atoms with Crippen LogP contribution in [0.15, 0.2) is 34.8 Å². The van der Waals surface area contributed by atoms with Crippen molar-refractivity contribution in [2.24, 2.45) is 5.73 Å². The van der Waals surface area contributed by atoms with E-state index in [-0.39, 0.29) is 5.84 Å². The van der Waals surface area contributed by atoms with Crippen molar-refractivity contribution in [3.05, 3.63) is 51.6 Å². The number of nitrogens with zero attached hydrogens (tertiary/aromatic N) is 1. The minimum absolute atomic E-state index is 0.0443. The molecule has 0 atom stereocenters. The lowest BCUT2D eigenvalue weighted by atomic mass is 10.1. The molecular weight excluding hydrogens is 306 g/mol. The lowest BCUT2D eigenvalue weighted by molar-refractivity contribution is 0.460. The first-order chi connectivity index (χ1) is 8.97. The number of nitrogens with one attached hydrogen (secondary N) is 1. The number of nitrogens with two attached hydrogens (primary N) is 1. The van der Waals surface area contributed by atoms with Gasteiger partial charge in [-0.15, -0.1) is 0 Å². The Balaban J connectivity index is 2.44. The maximum absolute atomic E-state index is 7.64. The van der Waals surface area contributed by atoms with E-state index in [1.807, 2.05) is 44.2 Å². The van der Waals surface area contributed by atoms with Crippen LogP contribution in [0, 0.1) is 19.3 Å². The highest BCUT2D eigenvalue weighted by molar-refractivity contribution is 9.10. The quantitative estimate of drug-likeness (QED) is 0.671. The monoisotopic (exact) mass is 319 g/mol. The normalized spacial score (nSPS) is 10.3. The van der Waals surface area contributed by atoms with E-state index >= 15 is 0 Å². The number of ether oxygens (including phenoxy) is 1. The largest absolute Gasteiger partial charge is 0.438 e. The maximum Gasteiger partial charge on any atom is 0.230 e. The Bertz CT molecular complexity index is 623. The van der Waals surface area contributed by atoms with Crippen molar-refractivity contribution in [3.8, 4) is 11.6 Å². The number of rotatable bonds is 3. The van der Waals surface area contributed by atoms with Gasteiger partial charge in [0.25, 0.3) is 0 Å². The number of nitrogen functional groups attached to an aromatic ring is 1. The van der Waals surface area contributed by atoms with Gasteiger partial charge in [0.2, 0.25) is 5.88 Å². The van der Waals surface area contributed by atoms with E-state index in [2.05, 4.69) is 20.9 Å². The minimum Gasteiger partial charge on any atom is -0.438 e. The third kappa shape index (κ3) is 3.12. The van der Waals surface area contributed by atoms with E-state index < -0.39 is 0 Å². The summed E-state index contributed by atoms with van der Waals surface area (Å²) in [5, 5.41) is 7.64. The van der Waals surface area contributed by atoms with E-state index in [4.69, 9.17) is 15.9 Å². The predicted molar refractivity (Wildman–Crippen MR) is 78.9 cm³/mol. The fourth-order valence-electron chi connectivity index (χ4n) is 1.82. The van der Waals surface area contributed by atoms with Gasteiger partial charge in [0.05, 0.1) is 5.56 Å². The zero-order valence-corrected chi connectivity index (χ0v) is 12.3. The van der Waals surface area contributed by atoms with Crippen LogP contribution in [0.2, 0.25) is 0 Å². The predicted octanol–water partition coefficient (Wildman–Crippen LogP) is 3.54. The van der Waals surface area contributed by atoms with Crippen molar-refractivity contribution in [2.75, 3.05) is 0 Å². The highest BCUT2D eigenvalue weighted by atomic mass is 79.9. The van der Waals surface area contributed by atoms with Gasteiger partial charge in [-0.25, -0.2) is 4.98 Å². The fraction of sp³-hybridized carbons (Fsp3) is 0.143. The Morgan fingerprint density at radius 2 is 1.89 bits per heavy atom. The zero-order valence-electron chi connectivity index (χ0n) is 10.7. The molecule has 0 radical (unpaired) electrons. The minimum atomic E-state index is -0.0443. The first-order valence-corrected chi connectivity index (χ1v) is 6.52. The molecule has 0 saturated heterocycles. The van der Waals surface area contributed by atoms with Gasteiger partial charge in [0.1, 0.15) is 11.6 Å². The number of halogens is 1. The van der Waals surface area contributed by atoms with Crippen LogP contribution in [0.1, 0.15) is 16.8 Å². The van der Waals surface area contributed by atoms with Crippen molar-refractivity contribution >= 4 is 21.8 Å². The molecular formula is C14H14BrN3O. The van der Waals surface area contributed by atoms with Gasteiger partial charge in [0.15, 0.2) is 0 Å². The number of hydrogen-bond acceptors (Lipinski definition) is 3. The van der Waals surface area contributed by atoms with E-state index in [1.54, 1.807) is 0 Å². The summed E-state index contributed by atoms with van der Waals surface area (Å²) < 4.78 is 6.71. The maximum atomic E-state index is 7.64. The molecule has 0 aliphatic rings. The van der Waals surface area contributed by atoms with E-state index in [1.165, 1.54) is 0 Å². The van der Waals surface area contributed by atoms with Crippen LogP contribution in [0.4, 0.5) is 0 Å². The molecule has 98 valence electrons. The van der Waals surface area contributed by atoms with Crippen molar-refractivity contribution in [1.29, 1.82) is 5.41 Å². The van der Waals surface area contributed by atoms with Gasteiger partial charge in [-0.1, -0.05) is 15.9 Å². The Morgan fingerprint density at radius 3 is 2.47 bits per heavy atom. The summed E-state index contributed by atoms with van der Waals surface area (Å²) in [6.07, 6.45) is 0. The first kappa shape index (κ1) is 13.5. The average Bonchev–Trinajstić information content (AvgIpc) is 2.30. The molecule has 2 rings (SSSR count). The lowest BCUT2D eigenvalue weighted by Gasteiger charge is -2.12. The summed E-state index contributed by atoms with van der Waals surface area (Å²) in [6.45, 7) is 3.77. The van der Waals surface area contributed by atoms with Gasteiger partial charge in [0, 0.05) is 10.2 Å². The SMILES string of the molecule is Cc1cc(C)c(C(=N)N)c(Oc2ccc(Br)cc2)n1. The molecule has 1 aromatic heterocycles. The topological polar surface area (TPSA) is 72.0 Å². The summed E-state index contributed by atoms with van der Waals surface area (Å²) >= 11 is 3.37. The van der Waals surface area contributed by atoms with Crippen molar-refractivity contribution in [2.45, 2.75) is 13.8 Å². The molecule has 0 aliphatic heterocycles. The summed E-state index contributed by atoms with van der Waals surface area (Å²) in [5.41, 5.74) is 7.84. The molecule has 0 unspecified atom stereocenters. The first-order valence-electron chi connectivity index (χ1n) is 5.73. The van der Waals surface area contributed by atoms with Crippen LogP contribution in [0.3, 0.4) is 0 Å². The van der Waals surface area contributed by atoms with Crippen molar-refractivity contribution < 1.29 is 4.74 Å². The van der Waals surface area contributed by atoms with E-state index in [9.17, 15) is 0 Å². The molecule has 0 amide bonds. The van der Waals surface area contributed by atoms with Gasteiger partial charge in [-0.05, 0) is 49.7 Å². The summed E-state index contributed by atoms with van der Waals surface area (Å²) in [7, 11) is 0. The van der Waals surface area contributed by atoms with E-state index in [0.717, 1.165) is 15.7 Å². The molecule has 1 heterocycles. The highest BCUT2D eigenvalue weighted by Crippen LogP contribution is 2.27. The zero-order chi connectivity index (χ0) is 14.0. The van der Waals surface area contributed by atoms with Gasteiger partial charge < -0.3 is 10.5 Å². The van der Waals surface area contributed by atoms with Crippen molar-refractivity contribution in [3.63, 3.8) is 0 Å². The molecule has 0 aliphatic carbocycles. The molecule has 2 aromatic rings. The van der Waals surface area contributed by atoms with Crippen LogP contribution in [0.5, 0.6) is 11.6 Å². The van der Waals surface area contributed by atoms with Crippen LogP contribution in [-0.4, -0.2) is 10.8 Å². The second-order valence-corrected chi connectivity index (χ2v) is 5.15. The summed E-state index contributed by atoms with van der Waals surface area (Å²) in [6, 6.07) is 9.29. The number of aromatic nitrogens is 1. The lowest BCUT2D eigenvalue weighted by Crippen LogP contribution is -2.15. The molecule has 1 aromatic carbocycles. The summed E-state index contributed by atoms with van der Waals surface area (Å²) in [4.78, 5) is 4.32. The third-order valence-electron chi connectivity index (χ3n) is 2.61.